The number of carbonyl (C=O) groups excluding carboxylic acids is 1. The Bertz CT molecular complexity index is 158. The predicted molar refractivity (Wildman–Crippen MR) is 57.0 cm³/mol. The van der Waals surface area contributed by atoms with Crippen LogP contribution in [-0.2, 0) is 9.53 Å². The van der Waals surface area contributed by atoms with Gasteiger partial charge in [0, 0.05) is 12.6 Å². The van der Waals surface area contributed by atoms with E-state index in [1.165, 1.54) is 0 Å². The van der Waals surface area contributed by atoms with Crippen molar-refractivity contribution >= 4 is 5.97 Å². The Labute approximate surface area is 86.4 Å². The van der Waals surface area contributed by atoms with E-state index < -0.39 is 0 Å². The van der Waals surface area contributed by atoms with Crippen LogP contribution in [0.1, 0.15) is 27.2 Å². The lowest BCUT2D eigenvalue weighted by Gasteiger charge is -2.27. The summed E-state index contributed by atoms with van der Waals surface area (Å²) in [7, 11) is 0. The number of likely N-dealkylation sites (N-methyl/N-ethyl adjacent to an activating group) is 1. The van der Waals surface area contributed by atoms with Gasteiger partial charge in [0.25, 0.3) is 0 Å². The zero-order valence-electron chi connectivity index (χ0n) is 9.45. The number of carbonyl (C=O) groups is 1. The summed E-state index contributed by atoms with van der Waals surface area (Å²) in [5.74, 6) is -0.166. The van der Waals surface area contributed by atoms with Gasteiger partial charge in [-0.05, 0) is 19.9 Å². The summed E-state index contributed by atoms with van der Waals surface area (Å²) in [5, 5.41) is 0. The van der Waals surface area contributed by atoms with Crippen LogP contribution in [0, 0.1) is 0 Å². The Morgan fingerprint density at radius 2 is 2.07 bits per heavy atom. The van der Waals surface area contributed by atoms with Crippen LogP contribution in [0.3, 0.4) is 0 Å². The van der Waals surface area contributed by atoms with E-state index in [0.29, 0.717) is 19.7 Å². The SMILES string of the molecule is CCOC(=O)CN(CC)C(CC)CN. The average molecular weight is 202 g/mol. The highest BCUT2D eigenvalue weighted by molar-refractivity contribution is 5.71. The summed E-state index contributed by atoms with van der Waals surface area (Å²) >= 11 is 0. The maximum absolute atomic E-state index is 11.2. The van der Waals surface area contributed by atoms with Crippen molar-refractivity contribution in [1.82, 2.24) is 4.90 Å². The number of rotatable bonds is 7. The summed E-state index contributed by atoms with van der Waals surface area (Å²) in [6, 6.07) is 0.282. The molecule has 0 aliphatic heterocycles. The van der Waals surface area contributed by atoms with Gasteiger partial charge in [0.1, 0.15) is 0 Å². The third-order valence-corrected chi connectivity index (χ3v) is 2.30. The zero-order valence-corrected chi connectivity index (χ0v) is 9.45. The largest absolute Gasteiger partial charge is 0.465 e. The first-order valence-corrected chi connectivity index (χ1v) is 5.29. The molecule has 0 radical (unpaired) electrons. The number of hydrogen-bond acceptors (Lipinski definition) is 4. The van der Waals surface area contributed by atoms with E-state index in [0.717, 1.165) is 13.0 Å². The average Bonchev–Trinajstić information content (AvgIpc) is 2.18. The molecule has 0 aromatic carbocycles. The van der Waals surface area contributed by atoms with Crippen molar-refractivity contribution in [3.63, 3.8) is 0 Å². The van der Waals surface area contributed by atoms with E-state index in [1.54, 1.807) is 0 Å². The van der Waals surface area contributed by atoms with E-state index in [9.17, 15) is 4.79 Å². The molecule has 14 heavy (non-hydrogen) atoms. The molecule has 0 aromatic heterocycles. The van der Waals surface area contributed by atoms with Crippen LogP contribution in [0.2, 0.25) is 0 Å². The van der Waals surface area contributed by atoms with E-state index in [4.69, 9.17) is 10.5 Å². The van der Waals surface area contributed by atoms with Crippen LogP contribution < -0.4 is 5.73 Å². The minimum absolute atomic E-state index is 0.166. The molecule has 0 spiro atoms. The molecule has 0 aromatic rings. The molecule has 4 nitrogen and oxygen atoms in total. The summed E-state index contributed by atoms with van der Waals surface area (Å²) in [5.41, 5.74) is 5.62. The maximum atomic E-state index is 11.2. The topological polar surface area (TPSA) is 55.6 Å². The molecule has 0 rings (SSSR count). The van der Waals surface area contributed by atoms with Crippen LogP contribution in [0.25, 0.3) is 0 Å². The van der Waals surface area contributed by atoms with Crippen LogP contribution in [0.4, 0.5) is 0 Å². The van der Waals surface area contributed by atoms with Crippen LogP contribution in [0.15, 0.2) is 0 Å². The van der Waals surface area contributed by atoms with Crippen molar-refractivity contribution in [2.75, 3.05) is 26.2 Å². The summed E-state index contributed by atoms with van der Waals surface area (Å²) in [6.45, 7) is 8.12. The number of nitrogens with zero attached hydrogens (tertiary/aromatic N) is 1. The Balaban J connectivity index is 4.05. The molecular weight excluding hydrogens is 180 g/mol. The number of hydrogen-bond donors (Lipinski definition) is 1. The Morgan fingerprint density at radius 1 is 1.43 bits per heavy atom. The highest BCUT2D eigenvalue weighted by Crippen LogP contribution is 2.02. The molecular formula is C10H22N2O2. The van der Waals surface area contributed by atoms with Gasteiger partial charge in [-0.15, -0.1) is 0 Å². The maximum Gasteiger partial charge on any atom is 0.320 e. The zero-order chi connectivity index (χ0) is 11.0. The van der Waals surface area contributed by atoms with Crippen molar-refractivity contribution in [2.45, 2.75) is 33.2 Å². The molecule has 1 unspecified atom stereocenters. The van der Waals surface area contributed by atoms with E-state index in [-0.39, 0.29) is 12.0 Å². The second kappa shape index (κ2) is 7.76. The molecule has 1 atom stereocenters. The van der Waals surface area contributed by atoms with Gasteiger partial charge in [-0.25, -0.2) is 0 Å². The van der Waals surface area contributed by atoms with Crippen LogP contribution in [0.5, 0.6) is 0 Å². The van der Waals surface area contributed by atoms with Gasteiger partial charge >= 0.3 is 5.97 Å². The fourth-order valence-electron chi connectivity index (χ4n) is 1.45. The first-order valence-electron chi connectivity index (χ1n) is 5.29. The smallest absolute Gasteiger partial charge is 0.320 e. The van der Waals surface area contributed by atoms with Crippen molar-refractivity contribution in [3.8, 4) is 0 Å². The summed E-state index contributed by atoms with van der Waals surface area (Å²) < 4.78 is 4.89. The Hall–Kier alpha value is -0.610. The van der Waals surface area contributed by atoms with Gasteiger partial charge in [0.15, 0.2) is 0 Å². The number of esters is 1. The van der Waals surface area contributed by atoms with Gasteiger partial charge in [0.05, 0.1) is 13.2 Å². The summed E-state index contributed by atoms with van der Waals surface area (Å²) in [4.78, 5) is 13.3. The van der Waals surface area contributed by atoms with E-state index in [1.807, 2.05) is 13.8 Å². The van der Waals surface area contributed by atoms with Crippen molar-refractivity contribution in [1.29, 1.82) is 0 Å². The molecule has 0 aliphatic carbocycles. The minimum atomic E-state index is -0.166. The van der Waals surface area contributed by atoms with E-state index >= 15 is 0 Å². The van der Waals surface area contributed by atoms with Crippen LogP contribution in [-0.4, -0.2) is 43.2 Å². The normalized spacial score (nSPS) is 12.9. The lowest BCUT2D eigenvalue weighted by Crippen LogP contribution is -2.43. The number of nitrogens with two attached hydrogens (primary N) is 1. The third kappa shape index (κ3) is 4.58. The highest BCUT2D eigenvalue weighted by Gasteiger charge is 2.16. The van der Waals surface area contributed by atoms with Gasteiger partial charge in [-0.2, -0.15) is 0 Å². The fraction of sp³-hybridized carbons (Fsp3) is 0.900. The Morgan fingerprint density at radius 3 is 2.43 bits per heavy atom. The second-order valence-electron chi connectivity index (χ2n) is 3.17. The lowest BCUT2D eigenvalue weighted by atomic mass is 10.2. The molecule has 84 valence electrons. The van der Waals surface area contributed by atoms with Crippen molar-refractivity contribution in [3.05, 3.63) is 0 Å². The van der Waals surface area contributed by atoms with Gasteiger partial charge in [-0.1, -0.05) is 13.8 Å². The van der Waals surface area contributed by atoms with E-state index in [2.05, 4.69) is 11.8 Å². The fourth-order valence-corrected chi connectivity index (χ4v) is 1.45. The quantitative estimate of drug-likeness (QED) is 0.614. The molecule has 0 fully saturated rings. The highest BCUT2D eigenvalue weighted by atomic mass is 16.5. The molecule has 0 amide bonds. The first kappa shape index (κ1) is 13.4. The van der Waals surface area contributed by atoms with Crippen LogP contribution >= 0.6 is 0 Å². The molecule has 0 saturated heterocycles. The molecule has 0 aliphatic rings. The van der Waals surface area contributed by atoms with Gasteiger partial charge in [0.2, 0.25) is 0 Å². The minimum Gasteiger partial charge on any atom is -0.465 e. The first-order chi connectivity index (χ1) is 6.69. The standard InChI is InChI=1S/C10H22N2O2/c1-4-9(7-11)12(5-2)8-10(13)14-6-3/h9H,4-8,11H2,1-3H3. The second-order valence-corrected chi connectivity index (χ2v) is 3.17. The van der Waals surface area contributed by atoms with Gasteiger partial charge < -0.3 is 10.5 Å². The van der Waals surface area contributed by atoms with Crippen molar-refractivity contribution < 1.29 is 9.53 Å². The molecule has 0 bridgehead atoms. The Kier molecular flexibility index (Phi) is 7.42. The monoisotopic (exact) mass is 202 g/mol. The lowest BCUT2D eigenvalue weighted by molar-refractivity contribution is -0.144. The molecule has 2 N–H and O–H groups in total. The number of ether oxygens (including phenoxy) is 1. The van der Waals surface area contributed by atoms with Crippen molar-refractivity contribution in [2.24, 2.45) is 5.73 Å². The predicted octanol–water partition coefficient (Wildman–Crippen LogP) is 0.609. The summed E-state index contributed by atoms with van der Waals surface area (Å²) in [6.07, 6.45) is 0.962. The molecule has 0 heterocycles. The third-order valence-electron chi connectivity index (χ3n) is 2.30. The molecule has 0 saturated carbocycles. The molecule has 4 heteroatoms. The van der Waals surface area contributed by atoms with Gasteiger partial charge in [-0.3, -0.25) is 9.69 Å².